The van der Waals surface area contributed by atoms with Crippen molar-refractivity contribution < 1.29 is 9.18 Å². The first-order valence-electron chi connectivity index (χ1n) is 8.31. The van der Waals surface area contributed by atoms with Gasteiger partial charge in [0.25, 0.3) is 5.91 Å². The first kappa shape index (κ1) is 17.3. The average molecular weight is 343 g/mol. The number of benzene rings is 1. The van der Waals surface area contributed by atoms with Crippen LogP contribution in [0.25, 0.3) is 0 Å². The Labute approximate surface area is 146 Å². The summed E-state index contributed by atoms with van der Waals surface area (Å²) in [5.74, 6) is -0.427. The minimum absolute atomic E-state index is 0.123. The number of halogens is 1. The maximum absolute atomic E-state index is 13.2. The molecule has 1 aliphatic heterocycles. The third kappa shape index (κ3) is 3.93. The van der Waals surface area contributed by atoms with E-state index in [1.807, 2.05) is 6.92 Å². The summed E-state index contributed by atoms with van der Waals surface area (Å²) in [4.78, 5) is 22.6. The van der Waals surface area contributed by atoms with Crippen LogP contribution in [0.1, 0.15) is 41.0 Å². The molecule has 132 valence electrons. The van der Waals surface area contributed by atoms with E-state index in [1.54, 1.807) is 12.1 Å². The third-order valence-corrected chi connectivity index (χ3v) is 4.56. The maximum Gasteiger partial charge on any atom is 0.268 e. The highest BCUT2D eigenvalue weighted by atomic mass is 19.1. The number of hydrogen-bond donors (Lipinski definition) is 2. The number of aromatic nitrogens is 2. The van der Waals surface area contributed by atoms with Gasteiger partial charge in [-0.2, -0.15) is 0 Å². The molecule has 1 fully saturated rings. The largest absolute Gasteiger partial charge is 0.364 e. The second kappa shape index (κ2) is 7.14. The number of nitrogens with zero attached hydrogens (tertiary/aromatic N) is 3. The van der Waals surface area contributed by atoms with E-state index in [4.69, 9.17) is 5.73 Å². The predicted octanol–water partition coefficient (Wildman–Crippen LogP) is 1.98. The van der Waals surface area contributed by atoms with Crippen LogP contribution in [-0.4, -0.2) is 47.0 Å². The van der Waals surface area contributed by atoms with Crippen molar-refractivity contribution in [3.8, 4) is 0 Å². The molecular formula is C18H22FN5O. The number of likely N-dealkylation sites (tertiary alicyclic amines) is 1. The third-order valence-electron chi connectivity index (χ3n) is 4.56. The number of nitrogens with two attached hydrogens (primary N) is 1. The number of amides is 1. The molecule has 2 heterocycles. The summed E-state index contributed by atoms with van der Waals surface area (Å²) in [6.45, 7) is 3.89. The summed E-state index contributed by atoms with van der Waals surface area (Å²) < 4.78 is 13.2. The Hall–Kier alpha value is -2.54. The molecule has 2 unspecified atom stereocenters. The number of primary amides is 1. The molecule has 1 aromatic carbocycles. The fraction of sp³-hybridized carbons (Fsp3) is 0.389. The number of nitrogens with one attached hydrogen (secondary N) is 1. The normalized spacial score (nSPS) is 18.9. The molecule has 0 saturated carbocycles. The molecule has 0 radical (unpaired) electrons. The Bertz CT molecular complexity index is 765. The molecular weight excluding hydrogens is 321 g/mol. The van der Waals surface area contributed by atoms with Gasteiger partial charge in [-0.25, -0.2) is 14.4 Å². The van der Waals surface area contributed by atoms with Gasteiger partial charge in [0.05, 0.1) is 11.9 Å². The maximum atomic E-state index is 13.2. The molecule has 1 aliphatic rings. The highest BCUT2D eigenvalue weighted by Crippen LogP contribution is 2.28. The highest BCUT2D eigenvalue weighted by Gasteiger charge is 2.24. The topological polar surface area (TPSA) is 84.1 Å². The molecule has 3 rings (SSSR count). The van der Waals surface area contributed by atoms with E-state index in [-0.39, 0.29) is 23.5 Å². The number of likely N-dealkylation sites (N-methyl/N-ethyl adjacent to an activating group) is 1. The van der Waals surface area contributed by atoms with Gasteiger partial charge in [-0.15, -0.1) is 0 Å². The van der Waals surface area contributed by atoms with E-state index in [2.05, 4.69) is 27.2 Å². The van der Waals surface area contributed by atoms with E-state index < -0.39 is 5.91 Å². The molecule has 7 heteroatoms. The summed E-state index contributed by atoms with van der Waals surface area (Å²) >= 11 is 0. The number of hydrogen-bond acceptors (Lipinski definition) is 5. The lowest BCUT2D eigenvalue weighted by Crippen LogP contribution is -2.26. The lowest BCUT2D eigenvalue weighted by Gasteiger charge is -2.20. The van der Waals surface area contributed by atoms with Gasteiger partial charge in [0, 0.05) is 18.5 Å². The molecule has 1 saturated heterocycles. The first-order chi connectivity index (χ1) is 11.9. The van der Waals surface area contributed by atoms with Crippen LogP contribution in [0.4, 0.5) is 10.2 Å². The number of carbonyl (C=O) groups is 1. The molecule has 1 aromatic heterocycles. The fourth-order valence-corrected chi connectivity index (χ4v) is 3.09. The van der Waals surface area contributed by atoms with Crippen LogP contribution in [0.15, 0.2) is 30.5 Å². The predicted molar refractivity (Wildman–Crippen MR) is 94.0 cm³/mol. The standard InChI is InChI=1S/C18H22FN5O/c1-11(12-3-5-13(19)6-4-12)16-18(21-9-15(23-16)17(20)25)22-14-7-8-24(2)10-14/h3-6,9,11,14H,7-8,10H2,1-2H3,(H2,20,25)(H,21,22). The van der Waals surface area contributed by atoms with Crippen molar-refractivity contribution >= 4 is 11.7 Å². The lowest BCUT2D eigenvalue weighted by atomic mass is 9.97. The smallest absolute Gasteiger partial charge is 0.268 e. The Morgan fingerprint density at radius 2 is 2.12 bits per heavy atom. The minimum atomic E-state index is -0.618. The van der Waals surface area contributed by atoms with Crippen LogP contribution in [0.5, 0.6) is 0 Å². The number of carbonyl (C=O) groups excluding carboxylic acids is 1. The van der Waals surface area contributed by atoms with Crippen molar-refractivity contribution in [2.24, 2.45) is 5.73 Å². The summed E-state index contributed by atoms with van der Waals surface area (Å²) in [7, 11) is 2.07. The van der Waals surface area contributed by atoms with Crippen LogP contribution >= 0.6 is 0 Å². The number of rotatable bonds is 5. The van der Waals surface area contributed by atoms with E-state index >= 15 is 0 Å². The molecule has 0 spiro atoms. The zero-order chi connectivity index (χ0) is 18.0. The van der Waals surface area contributed by atoms with Gasteiger partial charge in [-0.05, 0) is 37.7 Å². The summed E-state index contributed by atoms with van der Waals surface area (Å²) in [5, 5.41) is 3.43. The Kier molecular flexibility index (Phi) is 4.94. The van der Waals surface area contributed by atoms with Crippen molar-refractivity contribution in [3.05, 3.63) is 53.2 Å². The van der Waals surface area contributed by atoms with E-state index in [1.165, 1.54) is 18.3 Å². The molecule has 6 nitrogen and oxygen atoms in total. The second-order valence-corrected chi connectivity index (χ2v) is 6.52. The minimum Gasteiger partial charge on any atom is -0.364 e. The average Bonchev–Trinajstić information content (AvgIpc) is 3.00. The van der Waals surface area contributed by atoms with Crippen LogP contribution in [0, 0.1) is 5.82 Å². The molecule has 0 aliphatic carbocycles. The van der Waals surface area contributed by atoms with Crippen molar-refractivity contribution in [2.45, 2.75) is 25.3 Å². The van der Waals surface area contributed by atoms with Gasteiger partial charge in [-0.3, -0.25) is 4.79 Å². The second-order valence-electron chi connectivity index (χ2n) is 6.52. The lowest BCUT2D eigenvalue weighted by molar-refractivity contribution is 0.0995. The van der Waals surface area contributed by atoms with E-state index in [9.17, 15) is 9.18 Å². The quantitative estimate of drug-likeness (QED) is 0.867. The van der Waals surface area contributed by atoms with E-state index in [0.717, 1.165) is 25.1 Å². The van der Waals surface area contributed by atoms with Crippen LogP contribution < -0.4 is 11.1 Å². The van der Waals surface area contributed by atoms with Crippen LogP contribution in [-0.2, 0) is 0 Å². The summed E-state index contributed by atoms with van der Waals surface area (Å²) in [6.07, 6.45) is 2.41. The molecule has 2 aromatic rings. The Balaban J connectivity index is 1.94. The van der Waals surface area contributed by atoms with Gasteiger partial charge in [-0.1, -0.05) is 19.1 Å². The van der Waals surface area contributed by atoms with E-state index in [0.29, 0.717) is 11.5 Å². The Morgan fingerprint density at radius 1 is 1.40 bits per heavy atom. The zero-order valence-electron chi connectivity index (χ0n) is 14.4. The molecule has 2 atom stereocenters. The van der Waals surface area contributed by atoms with Gasteiger partial charge >= 0.3 is 0 Å². The van der Waals surface area contributed by atoms with Crippen molar-refractivity contribution in [1.82, 2.24) is 14.9 Å². The number of anilines is 1. The molecule has 3 N–H and O–H groups in total. The van der Waals surface area contributed by atoms with Crippen molar-refractivity contribution in [2.75, 3.05) is 25.5 Å². The molecule has 0 bridgehead atoms. The summed E-state index contributed by atoms with van der Waals surface area (Å²) in [5.41, 5.74) is 7.01. The van der Waals surface area contributed by atoms with Gasteiger partial charge in [0.15, 0.2) is 0 Å². The van der Waals surface area contributed by atoms with Crippen molar-refractivity contribution in [1.29, 1.82) is 0 Å². The van der Waals surface area contributed by atoms with Crippen LogP contribution in [0.3, 0.4) is 0 Å². The SMILES string of the molecule is CC(c1ccc(F)cc1)c1nc(C(N)=O)cnc1NC1CCN(C)C1. The molecule has 1 amide bonds. The van der Waals surface area contributed by atoms with Crippen molar-refractivity contribution in [3.63, 3.8) is 0 Å². The van der Waals surface area contributed by atoms with Crippen LogP contribution in [0.2, 0.25) is 0 Å². The fourth-order valence-electron chi connectivity index (χ4n) is 3.09. The monoisotopic (exact) mass is 343 g/mol. The molecule has 25 heavy (non-hydrogen) atoms. The van der Waals surface area contributed by atoms with Gasteiger partial charge in [0.2, 0.25) is 0 Å². The Morgan fingerprint density at radius 3 is 2.72 bits per heavy atom. The first-order valence-corrected chi connectivity index (χ1v) is 8.31. The summed E-state index contributed by atoms with van der Waals surface area (Å²) in [6, 6.07) is 6.53. The highest BCUT2D eigenvalue weighted by molar-refractivity contribution is 5.90. The van der Waals surface area contributed by atoms with Gasteiger partial charge < -0.3 is 16.0 Å². The zero-order valence-corrected chi connectivity index (χ0v) is 14.4. The van der Waals surface area contributed by atoms with Gasteiger partial charge in [0.1, 0.15) is 17.3 Å².